The Labute approximate surface area is 213 Å². The smallest absolute Gasteiger partial charge is 0.189 e. The molecule has 6 nitrogen and oxygen atoms in total. The number of aromatic nitrogens is 4. The molecule has 0 spiro atoms. The van der Waals surface area contributed by atoms with Crippen molar-refractivity contribution in [1.29, 1.82) is 10.5 Å². The molecule has 5 heterocycles. The van der Waals surface area contributed by atoms with Crippen LogP contribution in [-0.2, 0) is 19.5 Å². The molecular formula is C28H16N6Zn. The Balaban J connectivity index is 0.00000253. The summed E-state index contributed by atoms with van der Waals surface area (Å²) in [5.41, 5.74) is 7.87. The number of rotatable bonds is 1. The van der Waals surface area contributed by atoms with Crippen molar-refractivity contribution in [2.75, 3.05) is 0 Å². The topological polar surface area (TPSA) is 94.1 Å². The fourth-order valence-corrected chi connectivity index (χ4v) is 4.31. The van der Waals surface area contributed by atoms with Crippen LogP contribution in [-0.4, -0.2) is 19.5 Å². The van der Waals surface area contributed by atoms with Crippen molar-refractivity contribution in [2.24, 2.45) is 0 Å². The minimum atomic E-state index is 0. The van der Waals surface area contributed by atoms with E-state index in [0.717, 1.165) is 28.0 Å². The van der Waals surface area contributed by atoms with Gasteiger partial charge in [0.15, 0.2) is 6.19 Å². The third-order valence-corrected chi connectivity index (χ3v) is 5.79. The van der Waals surface area contributed by atoms with Crippen molar-refractivity contribution in [2.45, 2.75) is 0 Å². The molecular weight excluding hydrogens is 486 g/mol. The van der Waals surface area contributed by atoms with Crippen molar-refractivity contribution < 1.29 is 19.5 Å². The third kappa shape index (κ3) is 3.99. The molecule has 6 rings (SSSR count). The van der Waals surface area contributed by atoms with Crippen molar-refractivity contribution >= 4 is 46.4 Å². The summed E-state index contributed by atoms with van der Waals surface area (Å²) in [6.45, 7) is 0. The number of nitriles is 2. The molecule has 2 aliphatic rings. The SMILES string of the molecule is N#Cc1c(-c2ccccc2)c2cc3nc(cc4ccc(cc5nc(cc1n2C#N)C=C5)[nH]4)C=C3.[Zn]. The first-order chi connectivity index (χ1) is 16.7. The van der Waals surface area contributed by atoms with Crippen LogP contribution in [0.4, 0.5) is 0 Å². The van der Waals surface area contributed by atoms with E-state index in [1.165, 1.54) is 4.57 Å². The standard InChI is InChI=1S/C28H16N6.Zn/c29-16-25-26-14-23-10-8-21(32-23)12-19-6-7-20(31-19)13-22-9-11-24(33-22)15-27(34(26)17-30)28(25)18-4-2-1-3-5-18;/h1-15,31H;. The zero-order chi connectivity index (χ0) is 23.1. The van der Waals surface area contributed by atoms with E-state index in [1.807, 2.05) is 85.0 Å². The van der Waals surface area contributed by atoms with Crippen molar-refractivity contribution in [1.82, 2.24) is 19.5 Å². The van der Waals surface area contributed by atoms with Crippen LogP contribution in [0.3, 0.4) is 0 Å². The van der Waals surface area contributed by atoms with E-state index in [2.05, 4.69) is 22.2 Å². The summed E-state index contributed by atoms with van der Waals surface area (Å²) in [7, 11) is 0. The van der Waals surface area contributed by atoms with Crippen LogP contribution >= 0.6 is 0 Å². The predicted molar refractivity (Wildman–Crippen MR) is 134 cm³/mol. The summed E-state index contributed by atoms with van der Waals surface area (Å²) in [6, 6.07) is 23.5. The van der Waals surface area contributed by atoms with Crippen LogP contribution in [0.25, 0.3) is 57.5 Å². The van der Waals surface area contributed by atoms with Gasteiger partial charge in [-0.05, 0) is 66.3 Å². The maximum absolute atomic E-state index is 10.2. The minimum absolute atomic E-state index is 0. The van der Waals surface area contributed by atoms with E-state index in [0.29, 0.717) is 33.5 Å². The average molecular weight is 502 g/mol. The Morgan fingerprint density at radius 1 is 0.686 bits per heavy atom. The van der Waals surface area contributed by atoms with Gasteiger partial charge in [-0.1, -0.05) is 30.3 Å². The van der Waals surface area contributed by atoms with Gasteiger partial charge in [0.1, 0.15) is 6.07 Å². The Hall–Kier alpha value is -4.58. The summed E-state index contributed by atoms with van der Waals surface area (Å²) in [6.07, 6.45) is 9.89. The van der Waals surface area contributed by atoms with Crippen LogP contribution in [0.2, 0.25) is 0 Å². The largest absolute Gasteiger partial charge is 0.355 e. The number of hydrogen-bond acceptors (Lipinski definition) is 4. The molecule has 0 saturated heterocycles. The molecule has 0 amide bonds. The number of H-pyrrole nitrogens is 1. The van der Waals surface area contributed by atoms with Gasteiger partial charge in [0.2, 0.25) is 0 Å². The number of nitrogens with one attached hydrogen (secondary N) is 1. The van der Waals surface area contributed by atoms with Crippen LogP contribution in [0.1, 0.15) is 28.3 Å². The molecule has 7 heteroatoms. The molecule has 0 atom stereocenters. The maximum Gasteiger partial charge on any atom is 0.189 e. The molecule has 8 bridgehead atoms. The quantitative estimate of drug-likeness (QED) is 0.280. The zero-order valence-electron chi connectivity index (χ0n) is 18.6. The third-order valence-electron chi connectivity index (χ3n) is 5.79. The van der Waals surface area contributed by atoms with Crippen LogP contribution in [0.5, 0.6) is 0 Å². The van der Waals surface area contributed by atoms with Gasteiger partial charge in [-0.3, -0.25) is 0 Å². The fraction of sp³-hybridized carbons (Fsp3) is 0. The summed E-state index contributed by atoms with van der Waals surface area (Å²) in [5.74, 6) is 0. The van der Waals surface area contributed by atoms with E-state index in [9.17, 15) is 10.5 Å². The van der Waals surface area contributed by atoms with Gasteiger partial charge in [0, 0.05) is 36.1 Å². The second-order valence-corrected chi connectivity index (χ2v) is 7.97. The molecule has 0 unspecified atom stereocenters. The van der Waals surface area contributed by atoms with Gasteiger partial charge in [0.25, 0.3) is 0 Å². The second kappa shape index (κ2) is 8.99. The molecule has 2 aliphatic heterocycles. The Bertz CT molecular complexity index is 1780. The van der Waals surface area contributed by atoms with E-state index in [1.54, 1.807) is 6.07 Å². The number of benzene rings is 1. The normalized spacial score (nSPS) is 11.5. The van der Waals surface area contributed by atoms with Crippen molar-refractivity contribution in [3.05, 3.63) is 95.1 Å². The van der Waals surface area contributed by atoms with Gasteiger partial charge < -0.3 is 4.98 Å². The number of hydrogen-bond donors (Lipinski definition) is 1. The summed E-state index contributed by atoms with van der Waals surface area (Å²) < 4.78 is 1.49. The minimum Gasteiger partial charge on any atom is -0.355 e. The Kier molecular flexibility index (Phi) is 5.71. The number of fused-ring (bicyclic) bond motifs is 8. The average Bonchev–Trinajstić information content (AvgIpc) is 3.63. The molecule has 1 N–H and O–H groups in total. The van der Waals surface area contributed by atoms with Crippen LogP contribution in [0, 0.1) is 22.8 Å². The molecule has 3 aromatic heterocycles. The van der Waals surface area contributed by atoms with E-state index < -0.39 is 0 Å². The number of nitrogens with zero attached hydrogens (tertiary/aromatic N) is 5. The zero-order valence-corrected chi connectivity index (χ0v) is 21.6. The second-order valence-electron chi connectivity index (χ2n) is 7.97. The van der Waals surface area contributed by atoms with Crippen LogP contribution in [0.15, 0.2) is 66.7 Å². The predicted octanol–water partition coefficient (Wildman–Crippen LogP) is 5.99. The summed E-state index contributed by atoms with van der Waals surface area (Å²) in [5, 5.41) is 20.3. The summed E-state index contributed by atoms with van der Waals surface area (Å²) in [4.78, 5) is 12.7. The molecule has 35 heavy (non-hydrogen) atoms. The Morgan fingerprint density at radius 3 is 1.77 bits per heavy atom. The monoisotopic (exact) mass is 500 g/mol. The van der Waals surface area contributed by atoms with Crippen LogP contribution < -0.4 is 0 Å². The molecule has 160 valence electrons. The van der Waals surface area contributed by atoms with Gasteiger partial charge >= 0.3 is 0 Å². The van der Waals surface area contributed by atoms with Gasteiger partial charge in [-0.25, -0.2) is 14.5 Å². The molecule has 1 aromatic carbocycles. The van der Waals surface area contributed by atoms with Gasteiger partial charge in [-0.2, -0.15) is 10.5 Å². The van der Waals surface area contributed by atoms with Crippen molar-refractivity contribution in [3.8, 4) is 23.4 Å². The first-order valence-electron chi connectivity index (χ1n) is 10.7. The Morgan fingerprint density at radius 2 is 1.23 bits per heavy atom. The van der Waals surface area contributed by atoms with E-state index in [-0.39, 0.29) is 19.5 Å². The van der Waals surface area contributed by atoms with E-state index in [4.69, 9.17) is 4.98 Å². The number of aromatic amines is 1. The van der Waals surface area contributed by atoms with E-state index >= 15 is 0 Å². The fourth-order valence-electron chi connectivity index (χ4n) is 4.31. The maximum atomic E-state index is 10.2. The summed E-state index contributed by atoms with van der Waals surface area (Å²) >= 11 is 0. The van der Waals surface area contributed by atoms with Gasteiger partial charge in [-0.15, -0.1) is 0 Å². The molecule has 0 saturated carbocycles. The van der Waals surface area contributed by atoms with Crippen molar-refractivity contribution in [3.63, 3.8) is 0 Å². The molecule has 0 aliphatic carbocycles. The molecule has 0 fully saturated rings. The molecule has 4 aromatic rings. The first kappa shape index (κ1) is 22.2. The van der Waals surface area contributed by atoms with Gasteiger partial charge in [0.05, 0.1) is 39.4 Å². The molecule has 0 radical (unpaired) electrons. The first-order valence-corrected chi connectivity index (χ1v) is 10.7.